The Morgan fingerprint density at radius 3 is 2.55 bits per heavy atom. The first-order valence-electron chi connectivity index (χ1n) is 10.6. The second kappa shape index (κ2) is 12.7. The summed E-state index contributed by atoms with van der Waals surface area (Å²) in [6.07, 6.45) is 1.93. The van der Waals surface area contributed by atoms with Gasteiger partial charge in [0.25, 0.3) is 0 Å². The second-order valence-corrected chi connectivity index (χ2v) is 8.17. The molecule has 1 atom stereocenters. The number of hydrogen-bond donors (Lipinski definition) is 2. The Morgan fingerprint density at radius 2 is 1.84 bits per heavy atom. The Morgan fingerprint density at radius 1 is 1.13 bits per heavy atom. The molecule has 0 aliphatic carbocycles. The molecule has 1 unspecified atom stereocenters. The van der Waals surface area contributed by atoms with Crippen LogP contribution in [0.4, 0.5) is 0 Å². The molecule has 2 aromatic carbocycles. The monoisotopic (exact) mass is 535 g/mol. The van der Waals surface area contributed by atoms with Gasteiger partial charge in [-0.1, -0.05) is 54.6 Å². The highest BCUT2D eigenvalue weighted by atomic mass is 127. The van der Waals surface area contributed by atoms with Crippen LogP contribution < -0.4 is 11.1 Å². The number of nitrogens with one attached hydrogen (secondary N) is 1. The van der Waals surface area contributed by atoms with Gasteiger partial charge in [-0.2, -0.15) is 0 Å². The van der Waals surface area contributed by atoms with E-state index in [-0.39, 0.29) is 35.8 Å². The van der Waals surface area contributed by atoms with Gasteiger partial charge in [-0.3, -0.25) is 9.69 Å². The highest BCUT2D eigenvalue weighted by molar-refractivity contribution is 14.0. The summed E-state index contributed by atoms with van der Waals surface area (Å²) in [6.45, 7) is 3.97. The number of carbonyl (C=O) groups is 1. The summed E-state index contributed by atoms with van der Waals surface area (Å²) in [5, 5.41) is 3.43. The molecular weight excluding hydrogens is 501 g/mol. The number of nitrogens with two attached hydrogens (primary N) is 1. The van der Waals surface area contributed by atoms with E-state index in [0.29, 0.717) is 6.54 Å². The summed E-state index contributed by atoms with van der Waals surface area (Å²) in [5.74, 6) is 0.663. The molecule has 31 heavy (non-hydrogen) atoms. The number of primary amides is 1. The average Bonchev–Trinajstić information content (AvgIpc) is 2.74. The molecule has 1 saturated heterocycles. The number of hydrogen-bond acceptors (Lipinski definition) is 3. The largest absolute Gasteiger partial charge is 0.369 e. The van der Waals surface area contributed by atoms with Crippen molar-refractivity contribution in [3.63, 3.8) is 0 Å². The molecule has 0 bridgehead atoms. The molecule has 7 heteroatoms. The zero-order chi connectivity index (χ0) is 21.3. The smallest absolute Gasteiger partial charge is 0.221 e. The first-order chi connectivity index (χ1) is 14.5. The van der Waals surface area contributed by atoms with Crippen LogP contribution in [-0.4, -0.2) is 48.9 Å². The van der Waals surface area contributed by atoms with E-state index in [9.17, 15) is 4.79 Å². The van der Waals surface area contributed by atoms with E-state index in [1.165, 1.54) is 16.7 Å². The second-order valence-electron chi connectivity index (χ2n) is 8.17. The predicted molar refractivity (Wildman–Crippen MR) is 137 cm³/mol. The van der Waals surface area contributed by atoms with Crippen molar-refractivity contribution < 1.29 is 4.79 Å². The van der Waals surface area contributed by atoms with Gasteiger partial charge < -0.3 is 16.0 Å². The van der Waals surface area contributed by atoms with Crippen molar-refractivity contribution in [3.05, 3.63) is 71.3 Å². The summed E-state index contributed by atoms with van der Waals surface area (Å²) in [4.78, 5) is 20.6. The topological polar surface area (TPSA) is 74.0 Å². The molecule has 2 aromatic rings. The lowest BCUT2D eigenvalue weighted by atomic mass is 9.97. The van der Waals surface area contributed by atoms with E-state index < -0.39 is 0 Å². The highest BCUT2D eigenvalue weighted by Crippen LogP contribution is 2.19. The van der Waals surface area contributed by atoms with E-state index >= 15 is 0 Å². The number of nitrogens with zero attached hydrogens (tertiary/aromatic N) is 3. The number of benzene rings is 2. The molecule has 0 spiro atoms. The third-order valence-electron chi connectivity index (χ3n) is 5.43. The fraction of sp³-hybridized carbons (Fsp3) is 0.417. The van der Waals surface area contributed by atoms with Crippen molar-refractivity contribution in [3.8, 4) is 0 Å². The van der Waals surface area contributed by atoms with Crippen molar-refractivity contribution in [1.82, 2.24) is 15.1 Å². The SMILES string of the molecule is CN(C)C(=NCc1cccc(CN2CCCC(C(N)=O)C2)c1)NCc1ccccc1.I. The van der Waals surface area contributed by atoms with E-state index in [4.69, 9.17) is 10.7 Å². The van der Waals surface area contributed by atoms with Crippen LogP contribution in [0.15, 0.2) is 59.6 Å². The maximum absolute atomic E-state index is 11.5. The van der Waals surface area contributed by atoms with Crippen LogP contribution in [0, 0.1) is 5.92 Å². The molecule has 0 aromatic heterocycles. The van der Waals surface area contributed by atoms with Crippen LogP contribution in [0.2, 0.25) is 0 Å². The molecule has 1 fully saturated rings. The van der Waals surface area contributed by atoms with Crippen molar-refractivity contribution in [2.75, 3.05) is 27.2 Å². The third-order valence-corrected chi connectivity index (χ3v) is 5.43. The minimum Gasteiger partial charge on any atom is -0.369 e. The van der Waals surface area contributed by atoms with Crippen molar-refractivity contribution >= 4 is 35.8 Å². The number of amides is 1. The summed E-state index contributed by atoms with van der Waals surface area (Å²) in [6, 6.07) is 18.9. The van der Waals surface area contributed by atoms with Crippen LogP contribution >= 0.6 is 24.0 Å². The summed E-state index contributed by atoms with van der Waals surface area (Å²) in [5.41, 5.74) is 9.16. The first kappa shape index (κ1) is 25.1. The first-order valence-corrected chi connectivity index (χ1v) is 10.6. The van der Waals surface area contributed by atoms with Crippen LogP contribution in [0.1, 0.15) is 29.5 Å². The van der Waals surface area contributed by atoms with Gasteiger partial charge in [-0.05, 0) is 36.1 Å². The van der Waals surface area contributed by atoms with Gasteiger partial charge in [0.2, 0.25) is 5.91 Å². The quantitative estimate of drug-likeness (QED) is 0.325. The van der Waals surface area contributed by atoms with E-state index in [1.54, 1.807) is 0 Å². The Labute approximate surface area is 202 Å². The maximum Gasteiger partial charge on any atom is 0.221 e. The Kier molecular flexibility index (Phi) is 10.3. The third kappa shape index (κ3) is 8.14. The number of rotatable bonds is 7. The van der Waals surface area contributed by atoms with Crippen LogP contribution in [0.5, 0.6) is 0 Å². The van der Waals surface area contributed by atoms with Crippen LogP contribution in [0.3, 0.4) is 0 Å². The van der Waals surface area contributed by atoms with Gasteiger partial charge in [0.15, 0.2) is 5.96 Å². The number of halogens is 1. The predicted octanol–water partition coefficient (Wildman–Crippen LogP) is 3.21. The van der Waals surface area contributed by atoms with Crippen LogP contribution in [0.25, 0.3) is 0 Å². The van der Waals surface area contributed by atoms with Crippen molar-refractivity contribution in [2.24, 2.45) is 16.6 Å². The van der Waals surface area contributed by atoms with Gasteiger partial charge in [-0.15, -0.1) is 24.0 Å². The molecule has 1 heterocycles. The van der Waals surface area contributed by atoms with Crippen molar-refractivity contribution in [2.45, 2.75) is 32.5 Å². The normalized spacial score (nSPS) is 17.0. The minimum absolute atomic E-state index is 0. The zero-order valence-corrected chi connectivity index (χ0v) is 20.8. The van der Waals surface area contributed by atoms with E-state index in [0.717, 1.165) is 45.0 Å². The molecule has 168 valence electrons. The number of likely N-dealkylation sites (tertiary alicyclic amines) is 1. The number of aliphatic imine (C=N–C) groups is 1. The fourth-order valence-corrected chi connectivity index (χ4v) is 3.81. The summed E-state index contributed by atoms with van der Waals surface area (Å²) < 4.78 is 0. The lowest BCUT2D eigenvalue weighted by molar-refractivity contribution is -0.123. The number of piperidine rings is 1. The zero-order valence-electron chi connectivity index (χ0n) is 18.5. The summed E-state index contributed by atoms with van der Waals surface area (Å²) >= 11 is 0. The van der Waals surface area contributed by atoms with Gasteiger partial charge in [0.1, 0.15) is 0 Å². The van der Waals surface area contributed by atoms with Gasteiger partial charge in [0.05, 0.1) is 12.5 Å². The fourth-order valence-electron chi connectivity index (χ4n) is 3.81. The molecule has 0 saturated carbocycles. The highest BCUT2D eigenvalue weighted by Gasteiger charge is 2.23. The van der Waals surface area contributed by atoms with Crippen LogP contribution in [-0.2, 0) is 24.4 Å². The van der Waals surface area contributed by atoms with E-state index in [1.807, 2.05) is 37.2 Å². The Hall–Kier alpha value is -2.13. The minimum atomic E-state index is -0.179. The maximum atomic E-state index is 11.5. The molecular formula is C24H34IN5O. The van der Waals surface area contributed by atoms with E-state index in [2.05, 4.69) is 46.6 Å². The summed E-state index contributed by atoms with van der Waals surface area (Å²) in [7, 11) is 4.00. The van der Waals surface area contributed by atoms with Gasteiger partial charge >= 0.3 is 0 Å². The molecule has 1 aliphatic heterocycles. The molecule has 0 radical (unpaired) electrons. The standard InChI is InChI=1S/C24H33N5O.HI/c1-28(2)24(26-15-19-8-4-3-5-9-19)27-16-20-10-6-11-21(14-20)17-29-13-7-12-22(18-29)23(25)30;/h3-6,8-11,14,22H,7,12-13,15-18H2,1-2H3,(H2,25,30)(H,26,27);1H. The molecule has 1 aliphatic rings. The number of carbonyl (C=O) groups excluding carboxylic acids is 1. The molecule has 3 rings (SSSR count). The molecule has 3 N–H and O–H groups in total. The van der Waals surface area contributed by atoms with Crippen molar-refractivity contribution in [1.29, 1.82) is 0 Å². The van der Waals surface area contributed by atoms with Gasteiger partial charge in [0, 0.05) is 33.7 Å². The Balaban J connectivity index is 0.00000341. The Bertz CT molecular complexity index is 856. The average molecular weight is 535 g/mol. The number of guanidine groups is 1. The lowest BCUT2D eigenvalue weighted by Crippen LogP contribution is -2.40. The molecule has 1 amide bonds. The molecule has 6 nitrogen and oxygen atoms in total. The van der Waals surface area contributed by atoms with Gasteiger partial charge in [-0.25, -0.2) is 4.99 Å². The lowest BCUT2D eigenvalue weighted by Gasteiger charge is -2.31.